The summed E-state index contributed by atoms with van der Waals surface area (Å²) in [6, 6.07) is 2.27. The van der Waals surface area contributed by atoms with Crippen LogP contribution in [0.15, 0.2) is 104 Å². The van der Waals surface area contributed by atoms with Crippen LogP contribution in [0.2, 0.25) is 0 Å². The minimum atomic E-state index is -0.261. The fourth-order valence-electron chi connectivity index (χ4n) is 5.26. The Morgan fingerprint density at radius 2 is 1.93 bits per heavy atom. The van der Waals surface area contributed by atoms with Crippen molar-refractivity contribution in [3.63, 3.8) is 0 Å². The SMILES string of the molecule is C=C(C)/C(C(=C)CCCN(CC(C)C)C(=O)OC(C)C)=C1/C(C2CC2)=CC(C2=CC(C#N)=CC=C=C2C)=C/C1=N/C. The van der Waals surface area contributed by atoms with E-state index in [1.165, 1.54) is 5.57 Å². The molecule has 0 aliphatic heterocycles. The molecule has 0 aromatic rings. The van der Waals surface area contributed by atoms with Crippen molar-refractivity contribution in [3.05, 3.63) is 99.4 Å². The van der Waals surface area contributed by atoms with Crippen LogP contribution < -0.4 is 0 Å². The van der Waals surface area contributed by atoms with Gasteiger partial charge in [-0.1, -0.05) is 38.7 Å². The molecule has 3 aliphatic rings. The van der Waals surface area contributed by atoms with Crippen molar-refractivity contribution in [2.75, 3.05) is 20.1 Å². The molecule has 0 N–H and O–H groups in total. The van der Waals surface area contributed by atoms with Crippen molar-refractivity contribution < 1.29 is 9.53 Å². The van der Waals surface area contributed by atoms with Crippen LogP contribution in [0.5, 0.6) is 0 Å². The molecule has 0 spiro atoms. The number of carbonyl (C=O) groups excluding carboxylic acids is 1. The second kappa shape index (κ2) is 14.2. The molecule has 0 atom stereocenters. The van der Waals surface area contributed by atoms with Gasteiger partial charge in [-0.05, 0) is 123 Å². The molecule has 3 rings (SSSR count). The zero-order valence-corrected chi connectivity index (χ0v) is 25.9. The monoisotopic (exact) mass is 551 g/mol. The number of aliphatic imine (C=N–C) groups is 1. The number of carbonyl (C=O) groups is 1. The van der Waals surface area contributed by atoms with Gasteiger partial charge < -0.3 is 9.64 Å². The van der Waals surface area contributed by atoms with Crippen molar-refractivity contribution in [2.45, 2.75) is 73.3 Å². The Hall–Kier alpha value is -3.87. The standard InChI is InChI=1S/C36H45N3O2/c1-23(2)22-39(36(40)41-25(5)6)17-11-13-27(8)34(24(3)4)35-32(29-15-16-29)19-30(20-33(35)38-9)31-18-28(21-37)14-10-12-26(31)7/h10,14,18-20,23,25,29H,3,8,11,13,15-17,22H2,1-2,4-7,9H3/b35-34+,38-33-. The van der Waals surface area contributed by atoms with Crippen molar-refractivity contribution in [3.8, 4) is 6.07 Å². The minimum absolute atomic E-state index is 0.151. The third-order valence-electron chi connectivity index (χ3n) is 7.23. The van der Waals surface area contributed by atoms with Gasteiger partial charge in [-0.15, -0.1) is 5.73 Å². The molecular weight excluding hydrogens is 506 g/mol. The van der Waals surface area contributed by atoms with Crippen LogP contribution in [0.25, 0.3) is 0 Å². The molecule has 1 amide bonds. The van der Waals surface area contributed by atoms with Gasteiger partial charge in [0, 0.05) is 25.7 Å². The van der Waals surface area contributed by atoms with E-state index < -0.39 is 0 Å². The Morgan fingerprint density at radius 1 is 1.22 bits per heavy atom. The van der Waals surface area contributed by atoms with E-state index in [0.717, 1.165) is 70.4 Å². The van der Waals surface area contributed by atoms with Crippen molar-refractivity contribution in [1.29, 1.82) is 5.26 Å². The minimum Gasteiger partial charge on any atom is -0.447 e. The average Bonchev–Trinajstić information content (AvgIpc) is 3.75. The van der Waals surface area contributed by atoms with Crippen molar-refractivity contribution in [2.24, 2.45) is 16.8 Å². The van der Waals surface area contributed by atoms with Crippen LogP contribution in [-0.2, 0) is 4.74 Å². The van der Waals surface area contributed by atoms with Gasteiger partial charge in [-0.3, -0.25) is 4.99 Å². The summed E-state index contributed by atoms with van der Waals surface area (Å²) in [5, 5.41) is 9.59. The largest absolute Gasteiger partial charge is 0.447 e. The Kier molecular flexibility index (Phi) is 10.9. The molecule has 1 saturated carbocycles. The summed E-state index contributed by atoms with van der Waals surface area (Å²) >= 11 is 0. The fourth-order valence-corrected chi connectivity index (χ4v) is 5.26. The predicted molar refractivity (Wildman–Crippen MR) is 170 cm³/mol. The number of ether oxygens (including phenoxy) is 1. The number of rotatable bonds is 11. The molecule has 0 radical (unpaired) electrons. The summed E-state index contributed by atoms with van der Waals surface area (Å²) in [4.78, 5) is 19.3. The Balaban J connectivity index is 1.95. The van der Waals surface area contributed by atoms with Gasteiger partial charge in [-0.2, -0.15) is 5.26 Å². The molecule has 0 heterocycles. The number of hydrogen-bond donors (Lipinski definition) is 0. The fraction of sp³-hybridized carbons (Fsp3) is 0.444. The number of hydrogen-bond acceptors (Lipinski definition) is 4. The van der Waals surface area contributed by atoms with E-state index in [9.17, 15) is 10.1 Å². The van der Waals surface area contributed by atoms with Crippen molar-refractivity contribution in [1.82, 2.24) is 4.90 Å². The summed E-state index contributed by atoms with van der Waals surface area (Å²) in [6.45, 7) is 22.1. The van der Waals surface area contributed by atoms with Gasteiger partial charge in [-0.25, -0.2) is 4.79 Å². The third kappa shape index (κ3) is 8.32. The first-order valence-corrected chi connectivity index (χ1v) is 14.7. The normalized spacial score (nSPS) is 19.0. The van der Waals surface area contributed by atoms with Crippen LogP contribution in [0.4, 0.5) is 4.79 Å². The van der Waals surface area contributed by atoms with E-state index in [1.807, 2.05) is 45.7 Å². The van der Waals surface area contributed by atoms with Crippen LogP contribution >= 0.6 is 0 Å². The van der Waals surface area contributed by atoms with Gasteiger partial charge in [0.15, 0.2) is 0 Å². The van der Waals surface area contributed by atoms with E-state index in [1.54, 1.807) is 12.2 Å². The molecule has 0 aromatic carbocycles. The first-order chi connectivity index (χ1) is 19.5. The number of allylic oxidation sites excluding steroid dienone is 13. The van der Waals surface area contributed by atoms with Gasteiger partial charge in [0.25, 0.3) is 0 Å². The lowest BCUT2D eigenvalue weighted by molar-refractivity contribution is 0.0729. The Morgan fingerprint density at radius 3 is 2.49 bits per heavy atom. The Labute approximate surface area is 247 Å². The zero-order chi connectivity index (χ0) is 30.3. The molecule has 216 valence electrons. The van der Waals surface area contributed by atoms with Gasteiger partial charge >= 0.3 is 6.09 Å². The second-order valence-corrected chi connectivity index (χ2v) is 11.8. The van der Waals surface area contributed by atoms with Gasteiger partial charge in [0.2, 0.25) is 0 Å². The average molecular weight is 552 g/mol. The molecule has 0 bridgehead atoms. The maximum Gasteiger partial charge on any atom is 0.410 e. The predicted octanol–water partition coefficient (Wildman–Crippen LogP) is 8.54. The highest BCUT2D eigenvalue weighted by molar-refractivity contribution is 6.15. The van der Waals surface area contributed by atoms with E-state index >= 15 is 0 Å². The van der Waals surface area contributed by atoms with Crippen LogP contribution in [-0.4, -0.2) is 42.9 Å². The topological polar surface area (TPSA) is 65.7 Å². The lowest BCUT2D eigenvalue weighted by Gasteiger charge is -2.27. The smallest absolute Gasteiger partial charge is 0.410 e. The second-order valence-electron chi connectivity index (χ2n) is 11.8. The van der Waals surface area contributed by atoms with Crippen LogP contribution in [0.3, 0.4) is 0 Å². The molecule has 1 fully saturated rings. The summed E-state index contributed by atoms with van der Waals surface area (Å²) in [6.07, 6.45) is 13.3. The highest BCUT2D eigenvalue weighted by Crippen LogP contribution is 2.46. The molecule has 0 saturated heterocycles. The zero-order valence-electron chi connectivity index (χ0n) is 25.9. The third-order valence-corrected chi connectivity index (χ3v) is 7.23. The van der Waals surface area contributed by atoms with Crippen LogP contribution in [0.1, 0.15) is 67.2 Å². The first kappa shape index (κ1) is 31.7. The quantitative estimate of drug-likeness (QED) is 0.242. The number of nitriles is 1. The maximum atomic E-state index is 12.7. The number of nitrogens with zero attached hydrogens (tertiary/aromatic N) is 3. The first-order valence-electron chi connectivity index (χ1n) is 14.7. The summed E-state index contributed by atoms with van der Waals surface area (Å²) in [5.74, 6) is 0.804. The maximum absolute atomic E-state index is 12.7. The van der Waals surface area contributed by atoms with Gasteiger partial charge in [0.1, 0.15) is 0 Å². The van der Waals surface area contributed by atoms with Gasteiger partial charge in [0.05, 0.1) is 23.5 Å². The molecule has 0 aromatic heterocycles. The van der Waals surface area contributed by atoms with E-state index in [0.29, 0.717) is 30.5 Å². The summed E-state index contributed by atoms with van der Waals surface area (Å²) in [7, 11) is 1.83. The number of amides is 1. The summed E-state index contributed by atoms with van der Waals surface area (Å²) < 4.78 is 5.49. The van der Waals surface area contributed by atoms with Crippen LogP contribution in [0, 0.1) is 23.2 Å². The molecule has 0 unspecified atom stereocenters. The molecule has 5 nitrogen and oxygen atoms in total. The lowest BCUT2D eigenvalue weighted by Crippen LogP contribution is -2.36. The van der Waals surface area contributed by atoms with E-state index in [4.69, 9.17) is 9.73 Å². The van der Waals surface area contributed by atoms with E-state index in [-0.39, 0.29) is 12.2 Å². The lowest BCUT2D eigenvalue weighted by atomic mass is 9.79. The van der Waals surface area contributed by atoms with Crippen molar-refractivity contribution >= 4 is 11.8 Å². The molecule has 5 heteroatoms. The molecular formula is C36H45N3O2. The highest BCUT2D eigenvalue weighted by Gasteiger charge is 2.34. The summed E-state index contributed by atoms with van der Waals surface area (Å²) in [5.41, 5.74) is 13.2. The molecule has 41 heavy (non-hydrogen) atoms. The highest BCUT2D eigenvalue weighted by atomic mass is 16.6. The Bertz CT molecular complexity index is 1390. The molecule has 3 aliphatic carbocycles. The van der Waals surface area contributed by atoms with E-state index in [2.05, 4.69) is 51.0 Å².